The average molecular weight is 446 g/mol. The summed E-state index contributed by atoms with van der Waals surface area (Å²) in [6.07, 6.45) is 0.839. The van der Waals surface area contributed by atoms with Crippen LogP contribution >= 0.6 is 0 Å². The van der Waals surface area contributed by atoms with Crippen LogP contribution in [0, 0.1) is 5.92 Å². The van der Waals surface area contributed by atoms with Crippen molar-refractivity contribution in [3.05, 3.63) is 54.1 Å². The topological polar surface area (TPSA) is 108 Å². The number of fused-ring (bicyclic) bond motifs is 3. The molecule has 31 heavy (non-hydrogen) atoms. The van der Waals surface area contributed by atoms with Crippen molar-refractivity contribution in [2.75, 3.05) is 39.1 Å². The summed E-state index contributed by atoms with van der Waals surface area (Å²) in [5.41, 5.74) is -0.447. The molecule has 3 unspecified atom stereocenters. The van der Waals surface area contributed by atoms with Crippen LogP contribution in [0.2, 0.25) is 0 Å². The molecule has 0 radical (unpaired) electrons. The van der Waals surface area contributed by atoms with Crippen molar-refractivity contribution >= 4 is 21.7 Å². The van der Waals surface area contributed by atoms with Crippen molar-refractivity contribution in [2.24, 2.45) is 5.92 Å². The molecule has 2 aromatic rings. The third-order valence-corrected chi connectivity index (χ3v) is 7.51. The molecule has 1 fully saturated rings. The number of carbonyl (C=O) groups is 1. The standard InChI is InChI=1S/C22H27N3O5S/c1-25(2)13-7-12-23-17-9-4-6-11-19(17)31(28,29)24-22(21(26)27)16-14-30-18-10-5-3-8-15(18)20(16)22/h3-6,8-11,16,20,23-24H,7,12-14H2,1-2H3,(H,26,27). The van der Waals surface area contributed by atoms with Crippen molar-refractivity contribution in [1.29, 1.82) is 0 Å². The molecule has 0 bridgehead atoms. The third-order valence-electron chi connectivity index (χ3n) is 5.97. The van der Waals surface area contributed by atoms with Crippen LogP contribution in [0.4, 0.5) is 5.69 Å². The number of rotatable bonds is 9. The van der Waals surface area contributed by atoms with Gasteiger partial charge >= 0.3 is 5.97 Å². The Labute approximate surface area is 182 Å². The maximum atomic E-state index is 13.3. The van der Waals surface area contributed by atoms with E-state index in [0.29, 0.717) is 18.0 Å². The Morgan fingerprint density at radius 3 is 2.65 bits per heavy atom. The lowest BCUT2D eigenvalue weighted by molar-refractivity contribution is -0.140. The van der Waals surface area contributed by atoms with Crippen molar-refractivity contribution in [3.8, 4) is 5.75 Å². The molecule has 1 heterocycles. The Morgan fingerprint density at radius 2 is 1.90 bits per heavy atom. The number of carboxylic acids is 1. The van der Waals surface area contributed by atoms with Gasteiger partial charge in [0.2, 0.25) is 10.0 Å². The molecule has 3 atom stereocenters. The molecule has 1 saturated carbocycles. The molecule has 0 aromatic heterocycles. The molecule has 166 valence electrons. The van der Waals surface area contributed by atoms with E-state index in [2.05, 4.69) is 14.9 Å². The Hall–Kier alpha value is -2.62. The number of nitrogens with zero attached hydrogens (tertiary/aromatic N) is 1. The average Bonchev–Trinajstić information content (AvgIpc) is 3.40. The van der Waals surface area contributed by atoms with Crippen LogP contribution in [0.15, 0.2) is 53.4 Å². The summed E-state index contributed by atoms with van der Waals surface area (Å²) in [4.78, 5) is 14.4. The normalized spacial score (nSPS) is 24.1. The minimum absolute atomic E-state index is 0.0401. The van der Waals surface area contributed by atoms with E-state index in [4.69, 9.17) is 4.74 Å². The van der Waals surface area contributed by atoms with Gasteiger partial charge in [-0.15, -0.1) is 0 Å². The Kier molecular flexibility index (Phi) is 5.67. The van der Waals surface area contributed by atoms with Crippen LogP contribution in [0.1, 0.15) is 17.9 Å². The van der Waals surface area contributed by atoms with Gasteiger partial charge in [0.1, 0.15) is 16.2 Å². The number of anilines is 1. The van der Waals surface area contributed by atoms with Crippen LogP contribution < -0.4 is 14.8 Å². The highest BCUT2D eigenvalue weighted by molar-refractivity contribution is 7.89. The zero-order valence-electron chi connectivity index (χ0n) is 17.5. The van der Waals surface area contributed by atoms with Gasteiger partial charge in [-0.2, -0.15) is 4.72 Å². The summed E-state index contributed by atoms with van der Waals surface area (Å²) in [7, 11) is -0.151. The molecule has 4 rings (SSSR count). The highest BCUT2D eigenvalue weighted by atomic mass is 32.2. The summed E-state index contributed by atoms with van der Waals surface area (Å²) in [5, 5.41) is 13.2. The third kappa shape index (κ3) is 3.88. The molecule has 0 saturated heterocycles. The number of ether oxygens (including phenoxy) is 1. The molecule has 0 amide bonds. The largest absolute Gasteiger partial charge is 0.493 e. The van der Waals surface area contributed by atoms with Crippen molar-refractivity contribution in [3.63, 3.8) is 0 Å². The molecule has 2 aromatic carbocycles. The van der Waals surface area contributed by atoms with Gasteiger partial charge in [-0.25, -0.2) is 8.42 Å². The van der Waals surface area contributed by atoms with E-state index in [1.54, 1.807) is 36.4 Å². The summed E-state index contributed by atoms with van der Waals surface area (Å²) >= 11 is 0. The van der Waals surface area contributed by atoms with Crippen molar-refractivity contribution < 1.29 is 23.1 Å². The number of hydrogen-bond donors (Lipinski definition) is 3. The second-order valence-electron chi connectivity index (χ2n) is 8.29. The quantitative estimate of drug-likeness (QED) is 0.507. The van der Waals surface area contributed by atoms with Crippen LogP contribution in [0.5, 0.6) is 5.75 Å². The number of benzene rings is 2. The fourth-order valence-corrected chi connectivity index (χ4v) is 6.02. The highest BCUT2D eigenvalue weighted by Crippen LogP contribution is 2.62. The van der Waals surface area contributed by atoms with E-state index in [9.17, 15) is 18.3 Å². The number of aliphatic carboxylic acids is 1. The first-order valence-electron chi connectivity index (χ1n) is 10.2. The molecule has 1 aliphatic carbocycles. The van der Waals surface area contributed by atoms with E-state index in [1.807, 2.05) is 20.2 Å². The molecule has 3 N–H and O–H groups in total. The SMILES string of the molecule is CN(C)CCCNc1ccccc1S(=O)(=O)NC1(C(=O)O)C2COc3ccccc3C21. The zero-order valence-corrected chi connectivity index (χ0v) is 18.4. The van der Waals surface area contributed by atoms with E-state index in [0.717, 1.165) is 18.5 Å². The van der Waals surface area contributed by atoms with Crippen LogP contribution in [0.3, 0.4) is 0 Å². The second-order valence-corrected chi connectivity index (χ2v) is 9.94. The summed E-state index contributed by atoms with van der Waals surface area (Å²) < 4.78 is 34.9. The van der Waals surface area contributed by atoms with E-state index < -0.39 is 33.4 Å². The Morgan fingerprint density at radius 1 is 1.19 bits per heavy atom. The van der Waals surface area contributed by atoms with Gasteiger partial charge in [0.05, 0.1) is 12.3 Å². The lowest BCUT2D eigenvalue weighted by Crippen LogP contribution is -2.46. The van der Waals surface area contributed by atoms with Gasteiger partial charge in [-0.05, 0) is 45.3 Å². The fourth-order valence-electron chi connectivity index (χ4n) is 4.41. The van der Waals surface area contributed by atoms with Gasteiger partial charge in [0, 0.05) is 23.9 Å². The van der Waals surface area contributed by atoms with Gasteiger partial charge in [0.25, 0.3) is 0 Å². The van der Waals surface area contributed by atoms with Gasteiger partial charge < -0.3 is 20.1 Å². The number of hydrogen-bond acceptors (Lipinski definition) is 6. The maximum Gasteiger partial charge on any atom is 0.326 e. The molecule has 0 spiro atoms. The number of nitrogens with one attached hydrogen (secondary N) is 2. The summed E-state index contributed by atoms with van der Waals surface area (Å²) in [5.74, 6) is -1.52. The van der Waals surface area contributed by atoms with Gasteiger partial charge in [0.15, 0.2) is 0 Å². The van der Waals surface area contributed by atoms with Crippen LogP contribution in [0.25, 0.3) is 0 Å². The Balaban J connectivity index is 1.60. The summed E-state index contributed by atoms with van der Waals surface area (Å²) in [6.45, 7) is 1.62. The molecule has 1 aliphatic heterocycles. The number of carboxylic acid groups (broad SMARTS) is 1. The van der Waals surface area contributed by atoms with Crippen LogP contribution in [-0.4, -0.2) is 63.7 Å². The highest BCUT2D eigenvalue weighted by Gasteiger charge is 2.74. The molecule has 9 heteroatoms. The minimum Gasteiger partial charge on any atom is -0.493 e. The monoisotopic (exact) mass is 445 g/mol. The molecule has 2 aliphatic rings. The van der Waals surface area contributed by atoms with E-state index in [-0.39, 0.29) is 11.5 Å². The lowest BCUT2D eigenvalue weighted by atomic mass is 10.0. The first kappa shape index (κ1) is 21.6. The van der Waals surface area contributed by atoms with Crippen molar-refractivity contribution in [1.82, 2.24) is 9.62 Å². The van der Waals surface area contributed by atoms with Crippen LogP contribution in [-0.2, 0) is 14.8 Å². The van der Waals surface area contributed by atoms with Crippen molar-refractivity contribution in [2.45, 2.75) is 22.8 Å². The molecule has 8 nitrogen and oxygen atoms in total. The van der Waals surface area contributed by atoms with E-state index in [1.165, 1.54) is 6.07 Å². The number of sulfonamides is 1. The zero-order chi connectivity index (χ0) is 22.2. The Bertz CT molecular complexity index is 1090. The number of para-hydroxylation sites is 2. The van der Waals surface area contributed by atoms with Gasteiger partial charge in [-0.3, -0.25) is 4.79 Å². The lowest BCUT2D eigenvalue weighted by Gasteiger charge is -2.18. The maximum absolute atomic E-state index is 13.3. The van der Waals surface area contributed by atoms with E-state index >= 15 is 0 Å². The first-order valence-corrected chi connectivity index (χ1v) is 11.7. The minimum atomic E-state index is -4.10. The first-order chi connectivity index (χ1) is 14.8. The predicted molar refractivity (Wildman–Crippen MR) is 117 cm³/mol. The molecular formula is C22H27N3O5S. The predicted octanol–water partition coefficient (Wildman–Crippen LogP) is 1.96. The smallest absolute Gasteiger partial charge is 0.326 e. The summed E-state index contributed by atoms with van der Waals surface area (Å²) in [6, 6.07) is 13.7. The second kappa shape index (κ2) is 8.14. The fraction of sp³-hybridized carbons (Fsp3) is 0.409. The van der Waals surface area contributed by atoms with Gasteiger partial charge in [-0.1, -0.05) is 30.3 Å². The molecular weight excluding hydrogens is 418 g/mol.